The molecule has 9 nitrogen and oxygen atoms in total. The number of fused-ring (bicyclic) bond motifs is 1. The Balaban J connectivity index is 1.50. The summed E-state index contributed by atoms with van der Waals surface area (Å²) in [5, 5.41) is 15.8. The van der Waals surface area contributed by atoms with E-state index in [9.17, 15) is 9.59 Å². The molecule has 2 amide bonds. The molecule has 0 saturated heterocycles. The van der Waals surface area contributed by atoms with Gasteiger partial charge in [-0.15, -0.1) is 0 Å². The molecule has 0 atom stereocenters. The van der Waals surface area contributed by atoms with Crippen molar-refractivity contribution in [1.82, 2.24) is 29.9 Å². The molecule has 1 saturated carbocycles. The highest BCUT2D eigenvalue weighted by molar-refractivity contribution is 6.14. The largest absolute Gasteiger partial charge is 0.348 e. The van der Waals surface area contributed by atoms with Crippen molar-refractivity contribution in [3.8, 4) is 5.69 Å². The molecule has 1 fully saturated rings. The molecule has 2 N–H and O–H groups in total. The summed E-state index contributed by atoms with van der Waals surface area (Å²) in [6.07, 6.45) is 5.88. The summed E-state index contributed by atoms with van der Waals surface area (Å²) in [6, 6.07) is 11.6. The number of hydrogen-bond donors (Lipinski definition) is 2. The molecule has 3 heterocycles. The predicted octanol–water partition coefficient (Wildman–Crippen LogP) is 4.18. The Morgan fingerprint density at radius 2 is 1.80 bits per heavy atom. The Morgan fingerprint density at radius 1 is 1.06 bits per heavy atom. The van der Waals surface area contributed by atoms with Crippen molar-refractivity contribution in [2.45, 2.75) is 59.0 Å². The van der Waals surface area contributed by atoms with E-state index in [2.05, 4.69) is 25.8 Å². The highest BCUT2D eigenvalue weighted by atomic mass is 16.2. The third-order valence-corrected chi connectivity index (χ3v) is 6.43. The molecule has 3 aromatic heterocycles. The summed E-state index contributed by atoms with van der Waals surface area (Å²) in [5.74, 6) is -0.592. The first-order valence-electron chi connectivity index (χ1n) is 12.1. The van der Waals surface area contributed by atoms with Crippen LogP contribution in [0.2, 0.25) is 0 Å². The number of nitrogens with one attached hydrogen (secondary N) is 2. The standard InChI is InChI=1S/C26H29N7O2/c1-4-32-15-21(23(31-32)26(35)28-18-10-8-9-11-18)29-25(34)20-14-16(2)27-24-22(20)17(3)30-33(24)19-12-6-5-7-13-19/h5-7,12-15,18H,4,8-11H2,1-3H3,(H,28,35)(H,29,34). The smallest absolute Gasteiger partial charge is 0.274 e. The maximum absolute atomic E-state index is 13.6. The van der Waals surface area contributed by atoms with Gasteiger partial charge in [-0.1, -0.05) is 31.0 Å². The Kier molecular flexibility index (Phi) is 6.07. The molecular formula is C26H29N7O2. The van der Waals surface area contributed by atoms with E-state index in [1.165, 1.54) is 0 Å². The van der Waals surface area contributed by atoms with Gasteiger partial charge in [-0.3, -0.25) is 14.3 Å². The van der Waals surface area contributed by atoms with E-state index >= 15 is 0 Å². The summed E-state index contributed by atoms with van der Waals surface area (Å²) >= 11 is 0. The van der Waals surface area contributed by atoms with Gasteiger partial charge in [0.05, 0.1) is 28.0 Å². The Labute approximate surface area is 203 Å². The van der Waals surface area contributed by atoms with E-state index in [0.717, 1.165) is 31.4 Å². The summed E-state index contributed by atoms with van der Waals surface area (Å²) in [7, 11) is 0. The molecule has 1 aromatic carbocycles. The highest BCUT2D eigenvalue weighted by Gasteiger charge is 2.25. The fourth-order valence-electron chi connectivity index (χ4n) is 4.70. The SMILES string of the molecule is CCn1cc(NC(=O)c2cc(C)nc3c2c(C)nn3-c2ccccc2)c(C(=O)NC2CCCC2)n1. The average molecular weight is 472 g/mol. The number of benzene rings is 1. The van der Waals surface area contributed by atoms with Crippen LogP contribution >= 0.6 is 0 Å². The van der Waals surface area contributed by atoms with Crippen molar-refractivity contribution in [2.75, 3.05) is 5.32 Å². The number of anilines is 1. The van der Waals surface area contributed by atoms with Gasteiger partial charge in [0, 0.05) is 24.5 Å². The molecule has 1 aliphatic rings. The fourth-order valence-corrected chi connectivity index (χ4v) is 4.70. The molecule has 0 radical (unpaired) electrons. The van der Waals surface area contributed by atoms with Crippen LogP contribution in [0.4, 0.5) is 5.69 Å². The molecule has 1 aliphatic carbocycles. The van der Waals surface area contributed by atoms with E-state index in [1.54, 1.807) is 21.6 Å². The van der Waals surface area contributed by atoms with E-state index in [-0.39, 0.29) is 23.6 Å². The van der Waals surface area contributed by atoms with Gasteiger partial charge in [0.2, 0.25) is 0 Å². The minimum Gasteiger partial charge on any atom is -0.348 e. The normalized spacial score (nSPS) is 13.9. The summed E-state index contributed by atoms with van der Waals surface area (Å²) in [4.78, 5) is 31.2. The van der Waals surface area contributed by atoms with Crippen molar-refractivity contribution in [2.24, 2.45) is 0 Å². The molecule has 0 aliphatic heterocycles. The van der Waals surface area contributed by atoms with Crippen LogP contribution in [0.15, 0.2) is 42.6 Å². The predicted molar refractivity (Wildman–Crippen MR) is 134 cm³/mol. The number of pyridine rings is 1. The van der Waals surface area contributed by atoms with Crippen LogP contribution in [0.5, 0.6) is 0 Å². The van der Waals surface area contributed by atoms with Crippen LogP contribution in [0.25, 0.3) is 16.7 Å². The highest BCUT2D eigenvalue weighted by Crippen LogP contribution is 2.26. The van der Waals surface area contributed by atoms with E-state index in [1.807, 2.05) is 51.1 Å². The zero-order valence-electron chi connectivity index (χ0n) is 20.2. The zero-order valence-corrected chi connectivity index (χ0v) is 20.2. The van der Waals surface area contributed by atoms with Crippen molar-refractivity contribution < 1.29 is 9.59 Å². The quantitative estimate of drug-likeness (QED) is 0.439. The molecule has 0 bridgehead atoms. The van der Waals surface area contributed by atoms with Crippen LogP contribution < -0.4 is 10.6 Å². The molecule has 9 heteroatoms. The van der Waals surface area contributed by atoms with Crippen LogP contribution in [0, 0.1) is 13.8 Å². The Morgan fingerprint density at radius 3 is 2.51 bits per heavy atom. The maximum atomic E-state index is 13.6. The first-order valence-corrected chi connectivity index (χ1v) is 12.1. The third kappa shape index (κ3) is 4.41. The Bertz CT molecular complexity index is 1400. The molecule has 5 rings (SSSR count). The topological polar surface area (TPSA) is 107 Å². The summed E-state index contributed by atoms with van der Waals surface area (Å²) in [6.45, 7) is 6.24. The monoisotopic (exact) mass is 471 g/mol. The van der Waals surface area contributed by atoms with Gasteiger partial charge in [-0.2, -0.15) is 10.2 Å². The summed E-state index contributed by atoms with van der Waals surface area (Å²) in [5.41, 5.74) is 3.95. The molecule has 35 heavy (non-hydrogen) atoms. The van der Waals surface area contributed by atoms with Crippen molar-refractivity contribution in [3.63, 3.8) is 0 Å². The van der Waals surface area contributed by atoms with Crippen LogP contribution in [-0.2, 0) is 6.54 Å². The first kappa shape index (κ1) is 22.8. The van der Waals surface area contributed by atoms with Crippen molar-refractivity contribution >= 4 is 28.5 Å². The molecule has 0 spiro atoms. The molecule has 0 unspecified atom stereocenters. The molecule has 180 valence electrons. The summed E-state index contributed by atoms with van der Waals surface area (Å²) < 4.78 is 3.41. The number of aryl methyl sites for hydroxylation is 3. The molecule has 4 aromatic rings. The van der Waals surface area contributed by atoms with Gasteiger partial charge >= 0.3 is 0 Å². The van der Waals surface area contributed by atoms with E-state index in [4.69, 9.17) is 0 Å². The number of amides is 2. The number of hydrogen-bond acceptors (Lipinski definition) is 5. The van der Waals surface area contributed by atoms with Crippen LogP contribution in [0.3, 0.4) is 0 Å². The minimum atomic E-state index is -0.332. The molecular weight excluding hydrogens is 442 g/mol. The van der Waals surface area contributed by atoms with Gasteiger partial charge in [0.1, 0.15) is 0 Å². The van der Waals surface area contributed by atoms with E-state index < -0.39 is 0 Å². The number of rotatable bonds is 6. The van der Waals surface area contributed by atoms with Crippen molar-refractivity contribution in [3.05, 3.63) is 65.2 Å². The third-order valence-electron chi connectivity index (χ3n) is 6.43. The first-order chi connectivity index (χ1) is 16.9. The van der Waals surface area contributed by atoms with Crippen LogP contribution in [-0.4, -0.2) is 42.4 Å². The lowest BCUT2D eigenvalue weighted by Crippen LogP contribution is -2.33. The fraction of sp³-hybridized carbons (Fsp3) is 0.346. The van der Waals surface area contributed by atoms with Gasteiger partial charge in [0.25, 0.3) is 11.8 Å². The lowest BCUT2D eigenvalue weighted by atomic mass is 10.1. The lowest BCUT2D eigenvalue weighted by Gasteiger charge is -2.12. The number of aromatic nitrogens is 5. The Hall–Kier alpha value is -4.01. The average Bonchev–Trinajstić information content (AvgIpc) is 3.58. The van der Waals surface area contributed by atoms with Gasteiger partial charge < -0.3 is 10.6 Å². The van der Waals surface area contributed by atoms with Gasteiger partial charge in [-0.05, 0) is 51.8 Å². The van der Waals surface area contributed by atoms with Gasteiger partial charge in [0.15, 0.2) is 11.3 Å². The maximum Gasteiger partial charge on any atom is 0.274 e. The van der Waals surface area contributed by atoms with Gasteiger partial charge in [-0.25, -0.2) is 9.67 Å². The second kappa shape index (κ2) is 9.32. The van der Waals surface area contributed by atoms with Crippen LogP contribution in [0.1, 0.15) is 64.8 Å². The zero-order chi connectivity index (χ0) is 24.5. The second-order valence-electron chi connectivity index (χ2n) is 9.00. The minimum absolute atomic E-state index is 0.159. The second-order valence-corrected chi connectivity index (χ2v) is 9.00. The van der Waals surface area contributed by atoms with Crippen molar-refractivity contribution in [1.29, 1.82) is 0 Å². The van der Waals surface area contributed by atoms with E-state index in [0.29, 0.717) is 40.2 Å². The number of carbonyl (C=O) groups excluding carboxylic acids is 2. The number of nitrogens with zero attached hydrogens (tertiary/aromatic N) is 5. The number of carbonyl (C=O) groups is 2. The number of para-hydroxylation sites is 1. The lowest BCUT2D eigenvalue weighted by molar-refractivity contribution is 0.0933.